The van der Waals surface area contributed by atoms with Crippen molar-refractivity contribution in [2.75, 3.05) is 29.6 Å². The molecule has 0 spiro atoms. The lowest BCUT2D eigenvalue weighted by atomic mass is 10.1. The first-order valence-corrected chi connectivity index (χ1v) is 9.50. The van der Waals surface area contributed by atoms with Gasteiger partial charge in [0, 0.05) is 58.3 Å². The third-order valence-electron chi connectivity index (χ3n) is 3.74. The fourth-order valence-corrected chi connectivity index (χ4v) is 3.78. The van der Waals surface area contributed by atoms with E-state index in [1.54, 1.807) is 17.6 Å². The minimum absolute atomic E-state index is 0.499. The molecule has 21 heavy (non-hydrogen) atoms. The maximum Gasteiger partial charge on any atom is 0.185 e. The van der Waals surface area contributed by atoms with Crippen molar-refractivity contribution in [2.24, 2.45) is 0 Å². The fraction of sp³-hybridized carbons (Fsp3) is 0.400. The number of aromatic nitrogens is 1. The molecule has 112 valence electrons. The molecule has 4 nitrogen and oxygen atoms in total. The summed E-state index contributed by atoms with van der Waals surface area (Å²) in [4.78, 5) is 7.60. The van der Waals surface area contributed by atoms with Gasteiger partial charge in [0.2, 0.25) is 0 Å². The highest BCUT2D eigenvalue weighted by molar-refractivity contribution is 7.84. The van der Waals surface area contributed by atoms with Gasteiger partial charge in [-0.25, -0.2) is 4.98 Å². The van der Waals surface area contributed by atoms with E-state index in [1.807, 2.05) is 35.8 Å². The van der Waals surface area contributed by atoms with Crippen LogP contribution in [0.25, 0.3) is 0 Å². The van der Waals surface area contributed by atoms with Crippen molar-refractivity contribution >= 4 is 33.0 Å². The van der Waals surface area contributed by atoms with Crippen molar-refractivity contribution in [3.05, 3.63) is 35.8 Å². The molecule has 1 aromatic heterocycles. The van der Waals surface area contributed by atoms with Crippen molar-refractivity contribution < 1.29 is 4.21 Å². The van der Waals surface area contributed by atoms with E-state index in [9.17, 15) is 4.21 Å². The molecule has 0 aliphatic carbocycles. The van der Waals surface area contributed by atoms with E-state index in [1.165, 1.54) is 0 Å². The zero-order chi connectivity index (χ0) is 14.7. The van der Waals surface area contributed by atoms with E-state index in [4.69, 9.17) is 0 Å². The molecule has 0 radical (unpaired) electrons. The topological polar surface area (TPSA) is 45.2 Å². The minimum atomic E-state index is -0.906. The number of rotatable bonds is 4. The second-order valence-corrected chi connectivity index (χ2v) is 7.45. The molecule has 1 atom stereocenters. The number of hydrogen-bond acceptors (Lipinski definition) is 5. The summed E-state index contributed by atoms with van der Waals surface area (Å²) in [5, 5.41) is 6.72. The van der Waals surface area contributed by atoms with Gasteiger partial charge < -0.3 is 10.2 Å². The lowest BCUT2D eigenvalue weighted by Gasteiger charge is -2.32. The van der Waals surface area contributed by atoms with Crippen LogP contribution < -0.4 is 10.2 Å². The molecule has 3 rings (SSSR count). The highest BCUT2D eigenvalue weighted by Gasteiger charge is 2.20. The summed E-state index contributed by atoms with van der Waals surface area (Å²) in [6, 6.07) is 8.40. The van der Waals surface area contributed by atoms with Crippen molar-refractivity contribution in [3.8, 4) is 0 Å². The number of nitrogens with one attached hydrogen (secondary N) is 1. The zero-order valence-electron chi connectivity index (χ0n) is 12.0. The number of hydrogen-bond donors (Lipinski definition) is 1. The van der Waals surface area contributed by atoms with Crippen LogP contribution in [0, 0.1) is 0 Å². The summed E-state index contributed by atoms with van der Waals surface area (Å²) < 4.78 is 11.4. The van der Waals surface area contributed by atoms with Gasteiger partial charge >= 0.3 is 0 Å². The Morgan fingerprint density at radius 2 is 2.00 bits per heavy atom. The van der Waals surface area contributed by atoms with Crippen molar-refractivity contribution in [1.82, 2.24) is 4.98 Å². The van der Waals surface area contributed by atoms with Gasteiger partial charge in [-0.05, 0) is 37.1 Å². The fourth-order valence-electron chi connectivity index (χ4n) is 2.57. The first-order chi connectivity index (χ1) is 10.2. The summed E-state index contributed by atoms with van der Waals surface area (Å²) in [5.74, 6) is 0. The summed E-state index contributed by atoms with van der Waals surface area (Å²) in [6.07, 6.45) is 5.79. The van der Waals surface area contributed by atoms with Gasteiger partial charge in [0.1, 0.15) is 0 Å². The molecule has 6 heteroatoms. The van der Waals surface area contributed by atoms with Crippen molar-refractivity contribution in [1.29, 1.82) is 0 Å². The average molecular weight is 321 g/mol. The predicted molar refractivity (Wildman–Crippen MR) is 89.7 cm³/mol. The van der Waals surface area contributed by atoms with Gasteiger partial charge in [0.05, 0.1) is 0 Å². The molecular formula is C15H19N3OS2. The van der Waals surface area contributed by atoms with E-state index in [0.29, 0.717) is 6.04 Å². The van der Waals surface area contributed by atoms with Crippen LogP contribution in [0.15, 0.2) is 40.7 Å². The van der Waals surface area contributed by atoms with Crippen molar-refractivity contribution in [3.63, 3.8) is 0 Å². The Morgan fingerprint density at radius 1 is 1.29 bits per heavy atom. The van der Waals surface area contributed by atoms with Crippen LogP contribution in [0.5, 0.6) is 0 Å². The number of nitrogens with zero attached hydrogens (tertiary/aromatic N) is 2. The molecule has 1 aromatic carbocycles. The Hall–Kier alpha value is -1.40. The quantitative estimate of drug-likeness (QED) is 0.940. The maximum atomic E-state index is 11.4. The van der Waals surface area contributed by atoms with Crippen LogP contribution >= 0.6 is 11.3 Å². The number of piperidine rings is 1. The monoisotopic (exact) mass is 321 g/mol. The van der Waals surface area contributed by atoms with E-state index >= 15 is 0 Å². The Labute approximate surface area is 131 Å². The molecule has 1 aliphatic rings. The number of anilines is 2. The van der Waals surface area contributed by atoms with E-state index < -0.39 is 10.8 Å². The molecule has 1 unspecified atom stereocenters. The van der Waals surface area contributed by atoms with Crippen LogP contribution in [-0.2, 0) is 10.8 Å². The molecule has 1 aliphatic heterocycles. The smallest absolute Gasteiger partial charge is 0.185 e. The molecule has 0 saturated carbocycles. The first kappa shape index (κ1) is 14.5. The second kappa shape index (κ2) is 6.58. The first-order valence-electron chi connectivity index (χ1n) is 7.07. The van der Waals surface area contributed by atoms with Gasteiger partial charge in [0.25, 0.3) is 0 Å². The molecule has 1 saturated heterocycles. The standard InChI is InChI=1S/C15H19N3OS2/c1-21(19)14-4-2-12(3-5-14)17-13-6-9-18(10-7-13)15-16-8-11-20-15/h2-5,8,11,13,17H,6-7,9-10H2,1H3. The van der Waals surface area contributed by atoms with Crippen LogP contribution in [0.2, 0.25) is 0 Å². The lowest BCUT2D eigenvalue weighted by molar-refractivity contribution is 0.526. The van der Waals surface area contributed by atoms with E-state index in [2.05, 4.69) is 15.2 Å². The Bertz CT molecular complexity index is 590. The summed E-state index contributed by atoms with van der Waals surface area (Å²) in [7, 11) is -0.906. The van der Waals surface area contributed by atoms with Gasteiger partial charge in [-0.2, -0.15) is 0 Å². The lowest BCUT2D eigenvalue weighted by Crippen LogP contribution is -2.39. The number of benzene rings is 1. The van der Waals surface area contributed by atoms with E-state index in [0.717, 1.165) is 41.6 Å². The van der Waals surface area contributed by atoms with Crippen LogP contribution in [0.4, 0.5) is 10.8 Å². The van der Waals surface area contributed by atoms with Crippen LogP contribution in [-0.4, -0.2) is 34.6 Å². The normalized spacial score (nSPS) is 17.7. The van der Waals surface area contributed by atoms with Gasteiger partial charge in [0.15, 0.2) is 5.13 Å². The predicted octanol–water partition coefficient (Wildman–Crippen LogP) is 2.96. The molecule has 0 amide bonds. The summed E-state index contributed by atoms with van der Waals surface area (Å²) in [6.45, 7) is 2.09. The zero-order valence-corrected chi connectivity index (χ0v) is 13.6. The third-order valence-corrected chi connectivity index (χ3v) is 5.51. The molecular weight excluding hydrogens is 302 g/mol. The second-order valence-electron chi connectivity index (χ2n) is 5.20. The Kier molecular flexibility index (Phi) is 4.55. The average Bonchev–Trinajstić information content (AvgIpc) is 3.03. The third kappa shape index (κ3) is 3.63. The molecule has 2 aromatic rings. The van der Waals surface area contributed by atoms with Gasteiger partial charge in [-0.15, -0.1) is 11.3 Å². The molecule has 0 bridgehead atoms. The number of thiazole rings is 1. The SMILES string of the molecule is CS(=O)c1ccc(NC2CCN(c3nccs3)CC2)cc1. The van der Waals surface area contributed by atoms with Crippen LogP contribution in [0.3, 0.4) is 0 Å². The Balaban J connectivity index is 1.54. The van der Waals surface area contributed by atoms with Crippen LogP contribution in [0.1, 0.15) is 12.8 Å². The van der Waals surface area contributed by atoms with Gasteiger partial charge in [-0.1, -0.05) is 0 Å². The highest BCUT2D eigenvalue weighted by atomic mass is 32.2. The maximum absolute atomic E-state index is 11.4. The summed E-state index contributed by atoms with van der Waals surface area (Å²) >= 11 is 1.70. The largest absolute Gasteiger partial charge is 0.382 e. The summed E-state index contributed by atoms with van der Waals surface area (Å²) in [5.41, 5.74) is 1.11. The van der Waals surface area contributed by atoms with E-state index in [-0.39, 0.29) is 0 Å². The molecule has 2 heterocycles. The Morgan fingerprint density at radius 3 is 2.57 bits per heavy atom. The molecule has 1 N–H and O–H groups in total. The van der Waals surface area contributed by atoms with Crippen molar-refractivity contribution in [2.45, 2.75) is 23.8 Å². The highest BCUT2D eigenvalue weighted by Crippen LogP contribution is 2.23. The van der Waals surface area contributed by atoms with Gasteiger partial charge in [-0.3, -0.25) is 4.21 Å². The molecule has 1 fully saturated rings. The minimum Gasteiger partial charge on any atom is -0.382 e.